The van der Waals surface area contributed by atoms with E-state index in [1.54, 1.807) is 36.4 Å². The van der Waals surface area contributed by atoms with Crippen molar-refractivity contribution in [2.45, 2.75) is 6.54 Å². The first-order valence-electron chi connectivity index (χ1n) is 7.66. The van der Waals surface area contributed by atoms with Crippen LogP contribution in [-0.4, -0.2) is 23.2 Å². The molecule has 0 aliphatic heterocycles. The van der Waals surface area contributed by atoms with Crippen molar-refractivity contribution >= 4 is 5.91 Å². The summed E-state index contributed by atoms with van der Waals surface area (Å²) in [6.07, 6.45) is 0. The van der Waals surface area contributed by atoms with E-state index in [2.05, 4.69) is 15.5 Å². The zero-order valence-corrected chi connectivity index (χ0v) is 13.6. The van der Waals surface area contributed by atoms with Crippen molar-refractivity contribution in [3.05, 3.63) is 77.6 Å². The summed E-state index contributed by atoms with van der Waals surface area (Å²) in [4.78, 5) is 12.2. The fraction of sp³-hybridized carbons (Fsp3) is 0.105. The number of rotatable bonds is 5. The second kappa shape index (κ2) is 7.53. The van der Waals surface area contributed by atoms with Crippen LogP contribution < -0.4 is 10.1 Å². The molecule has 1 heterocycles. The van der Waals surface area contributed by atoms with Gasteiger partial charge in [0.15, 0.2) is 0 Å². The van der Waals surface area contributed by atoms with Crippen molar-refractivity contribution in [3.8, 4) is 17.1 Å². The molecule has 0 aliphatic rings. The highest BCUT2D eigenvalue weighted by Gasteiger charge is 2.07. The van der Waals surface area contributed by atoms with Crippen molar-refractivity contribution in [1.82, 2.24) is 15.5 Å². The van der Waals surface area contributed by atoms with E-state index >= 15 is 0 Å². The van der Waals surface area contributed by atoms with Crippen molar-refractivity contribution in [2.75, 3.05) is 7.11 Å². The summed E-state index contributed by atoms with van der Waals surface area (Å²) in [5, 5.41) is 10.8. The molecular formula is C19H16FN3O2. The van der Waals surface area contributed by atoms with E-state index in [1.807, 2.05) is 12.1 Å². The number of aromatic nitrogens is 2. The number of amides is 1. The molecule has 0 spiro atoms. The van der Waals surface area contributed by atoms with Gasteiger partial charge in [0.25, 0.3) is 5.91 Å². The van der Waals surface area contributed by atoms with Gasteiger partial charge in [-0.2, -0.15) is 0 Å². The Morgan fingerprint density at radius 1 is 1.00 bits per heavy atom. The maximum Gasteiger partial charge on any atom is 0.251 e. The third kappa shape index (κ3) is 4.17. The molecule has 25 heavy (non-hydrogen) atoms. The molecule has 0 radical (unpaired) electrons. The molecule has 3 rings (SSSR count). The molecule has 1 aromatic heterocycles. The molecule has 6 heteroatoms. The number of hydrogen-bond donors (Lipinski definition) is 1. The van der Waals surface area contributed by atoms with Crippen LogP contribution >= 0.6 is 0 Å². The number of ether oxygens (including phenoxy) is 1. The van der Waals surface area contributed by atoms with Gasteiger partial charge in [-0.1, -0.05) is 24.3 Å². The Balaban J connectivity index is 1.64. The van der Waals surface area contributed by atoms with Crippen LogP contribution in [0.3, 0.4) is 0 Å². The molecule has 0 atom stereocenters. The van der Waals surface area contributed by atoms with Gasteiger partial charge in [0, 0.05) is 23.7 Å². The zero-order chi connectivity index (χ0) is 17.6. The highest BCUT2D eigenvalue weighted by molar-refractivity contribution is 5.94. The molecule has 2 aromatic carbocycles. The van der Waals surface area contributed by atoms with Gasteiger partial charge in [0.05, 0.1) is 12.8 Å². The lowest BCUT2D eigenvalue weighted by Crippen LogP contribution is -2.22. The Hall–Kier alpha value is -3.28. The molecule has 5 nitrogen and oxygen atoms in total. The number of hydrogen-bond acceptors (Lipinski definition) is 4. The number of carbonyl (C=O) groups excluding carboxylic acids is 1. The molecule has 126 valence electrons. The van der Waals surface area contributed by atoms with E-state index in [0.29, 0.717) is 23.7 Å². The van der Waals surface area contributed by atoms with Gasteiger partial charge in [0.2, 0.25) is 5.88 Å². The molecule has 0 unspecified atom stereocenters. The number of halogens is 1. The summed E-state index contributed by atoms with van der Waals surface area (Å²) in [5.74, 6) is -0.0514. The molecule has 3 aromatic rings. The summed E-state index contributed by atoms with van der Waals surface area (Å²) in [6.45, 7) is 0.338. The first kappa shape index (κ1) is 16.6. The summed E-state index contributed by atoms with van der Waals surface area (Å²) >= 11 is 0. The average Bonchev–Trinajstić information content (AvgIpc) is 2.67. The Morgan fingerprint density at radius 3 is 2.32 bits per heavy atom. The quantitative estimate of drug-likeness (QED) is 0.776. The highest BCUT2D eigenvalue weighted by Crippen LogP contribution is 2.18. The minimum Gasteiger partial charge on any atom is -0.480 e. The molecule has 0 aliphatic carbocycles. The van der Waals surface area contributed by atoms with Gasteiger partial charge in [-0.05, 0) is 35.9 Å². The van der Waals surface area contributed by atoms with E-state index in [0.717, 1.165) is 11.1 Å². The lowest BCUT2D eigenvalue weighted by Gasteiger charge is -2.07. The van der Waals surface area contributed by atoms with Crippen LogP contribution in [0.15, 0.2) is 60.7 Å². The van der Waals surface area contributed by atoms with E-state index in [-0.39, 0.29) is 11.7 Å². The monoisotopic (exact) mass is 337 g/mol. The molecule has 0 saturated carbocycles. The lowest BCUT2D eigenvalue weighted by atomic mass is 10.1. The second-order valence-corrected chi connectivity index (χ2v) is 5.35. The second-order valence-electron chi connectivity index (χ2n) is 5.35. The molecule has 0 fully saturated rings. The van der Waals surface area contributed by atoms with Crippen LogP contribution in [0.25, 0.3) is 11.3 Å². The van der Waals surface area contributed by atoms with Crippen molar-refractivity contribution in [3.63, 3.8) is 0 Å². The van der Waals surface area contributed by atoms with Gasteiger partial charge < -0.3 is 10.1 Å². The van der Waals surface area contributed by atoms with Crippen LogP contribution in [0.4, 0.5) is 4.39 Å². The third-order valence-corrected chi connectivity index (χ3v) is 3.66. The van der Waals surface area contributed by atoms with Gasteiger partial charge in [-0.25, -0.2) is 4.39 Å². The van der Waals surface area contributed by atoms with E-state index in [9.17, 15) is 9.18 Å². The summed E-state index contributed by atoms with van der Waals surface area (Å²) in [6, 6.07) is 16.6. The largest absolute Gasteiger partial charge is 0.480 e. The van der Waals surface area contributed by atoms with Crippen LogP contribution in [0.5, 0.6) is 5.88 Å². The Labute approximate surface area is 144 Å². The van der Waals surface area contributed by atoms with Crippen molar-refractivity contribution < 1.29 is 13.9 Å². The smallest absolute Gasteiger partial charge is 0.251 e. The zero-order valence-electron chi connectivity index (χ0n) is 13.6. The van der Waals surface area contributed by atoms with Crippen molar-refractivity contribution in [1.29, 1.82) is 0 Å². The summed E-state index contributed by atoms with van der Waals surface area (Å²) in [7, 11) is 1.53. The standard InChI is InChI=1S/C19H16FN3O2/c1-25-18-11-10-17(22-23-18)14-4-6-15(7-5-14)19(24)21-12-13-2-8-16(20)9-3-13/h2-11H,12H2,1H3,(H,21,24). The number of nitrogens with one attached hydrogen (secondary N) is 1. The van der Waals surface area contributed by atoms with E-state index in [1.165, 1.54) is 19.2 Å². The molecular weight excluding hydrogens is 321 g/mol. The minimum absolute atomic E-state index is 0.198. The fourth-order valence-electron chi connectivity index (χ4n) is 2.26. The molecule has 1 N–H and O–H groups in total. The van der Waals surface area contributed by atoms with Crippen LogP contribution in [0, 0.1) is 5.82 Å². The lowest BCUT2D eigenvalue weighted by molar-refractivity contribution is 0.0951. The topological polar surface area (TPSA) is 64.1 Å². The van der Waals surface area contributed by atoms with Crippen LogP contribution in [0.1, 0.15) is 15.9 Å². The van der Waals surface area contributed by atoms with Gasteiger partial charge in [0.1, 0.15) is 5.82 Å². The maximum absolute atomic E-state index is 12.9. The predicted octanol–water partition coefficient (Wildman–Crippen LogP) is 3.22. The van der Waals surface area contributed by atoms with Crippen LogP contribution in [0.2, 0.25) is 0 Å². The number of carbonyl (C=O) groups is 1. The Kier molecular flexibility index (Phi) is 4.99. The maximum atomic E-state index is 12.9. The third-order valence-electron chi connectivity index (χ3n) is 3.66. The van der Waals surface area contributed by atoms with E-state index in [4.69, 9.17) is 4.74 Å². The average molecular weight is 337 g/mol. The van der Waals surface area contributed by atoms with Gasteiger partial charge in [-0.15, -0.1) is 10.2 Å². The summed E-state index contributed by atoms with van der Waals surface area (Å²) < 4.78 is 17.8. The van der Waals surface area contributed by atoms with Gasteiger partial charge >= 0.3 is 0 Å². The first-order chi connectivity index (χ1) is 12.2. The highest BCUT2D eigenvalue weighted by atomic mass is 19.1. The molecule has 1 amide bonds. The Bertz CT molecular complexity index is 847. The number of nitrogens with zero attached hydrogens (tertiary/aromatic N) is 2. The SMILES string of the molecule is COc1ccc(-c2ccc(C(=O)NCc3ccc(F)cc3)cc2)nn1. The predicted molar refractivity (Wildman–Crippen MR) is 91.6 cm³/mol. The molecule has 0 saturated heterocycles. The summed E-state index contributed by atoms with van der Waals surface area (Å²) in [5.41, 5.74) is 2.91. The van der Waals surface area contributed by atoms with Gasteiger partial charge in [-0.3, -0.25) is 4.79 Å². The number of methoxy groups -OCH3 is 1. The van der Waals surface area contributed by atoms with Crippen LogP contribution in [-0.2, 0) is 6.54 Å². The fourth-order valence-corrected chi connectivity index (χ4v) is 2.26. The van der Waals surface area contributed by atoms with E-state index < -0.39 is 0 Å². The Morgan fingerprint density at radius 2 is 1.72 bits per heavy atom. The minimum atomic E-state index is -0.299. The number of benzene rings is 2. The molecule has 0 bridgehead atoms. The van der Waals surface area contributed by atoms with Crippen molar-refractivity contribution in [2.24, 2.45) is 0 Å². The first-order valence-corrected chi connectivity index (χ1v) is 7.66. The normalized spacial score (nSPS) is 10.3.